The molecule has 0 aromatic heterocycles. The number of rotatable bonds is 9. The number of hydrogen-bond donors (Lipinski definition) is 1. The van der Waals surface area contributed by atoms with Crippen molar-refractivity contribution in [1.82, 2.24) is 10.2 Å². The molecule has 0 aliphatic carbocycles. The molecule has 0 saturated heterocycles. The first-order valence-electron chi connectivity index (χ1n) is 7.21. The Hall–Kier alpha value is -1.06. The van der Waals surface area contributed by atoms with Gasteiger partial charge in [-0.3, -0.25) is 0 Å². The fraction of sp³-hybridized carbons (Fsp3) is 0.625. The Kier molecular flexibility index (Phi) is 7.53. The molecule has 0 heterocycles. The van der Waals surface area contributed by atoms with Gasteiger partial charge in [0.25, 0.3) is 0 Å². The molecule has 108 valence electrons. The molecule has 0 aliphatic rings. The van der Waals surface area contributed by atoms with Gasteiger partial charge in [0.2, 0.25) is 0 Å². The van der Waals surface area contributed by atoms with E-state index in [9.17, 15) is 0 Å². The highest BCUT2D eigenvalue weighted by molar-refractivity contribution is 5.27. The van der Waals surface area contributed by atoms with E-state index in [0.717, 1.165) is 31.9 Å². The Balaban J connectivity index is 2.30. The smallest absolute Gasteiger partial charge is 0.119 e. The SMILES string of the molecule is CCNC(C)CCc1ccc(OCCN(C)C)cc1. The third-order valence-electron chi connectivity index (χ3n) is 3.15. The van der Waals surface area contributed by atoms with Crippen LogP contribution in [0.2, 0.25) is 0 Å². The number of benzene rings is 1. The van der Waals surface area contributed by atoms with Crippen LogP contribution in [-0.2, 0) is 6.42 Å². The van der Waals surface area contributed by atoms with Crippen LogP contribution in [0.4, 0.5) is 0 Å². The Morgan fingerprint density at radius 3 is 2.47 bits per heavy atom. The number of ether oxygens (including phenoxy) is 1. The molecule has 0 radical (unpaired) electrons. The van der Waals surface area contributed by atoms with Gasteiger partial charge in [0, 0.05) is 12.6 Å². The lowest BCUT2D eigenvalue weighted by molar-refractivity contribution is 0.261. The first-order chi connectivity index (χ1) is 9.11. The van der Waals surface area contributed by atoms with Gasteiger partial charge in [-0.2, -0.15) is 0 Å². The average Bonchev–Trinajstić information content (AvgIpc) is 2.38. The monoisotopic (exact) mass is 264 g/mol. The van der Waals surface area contributed by atoms with Crippen molar-refractivity contribution in [3.8, 4) is 5.75 Å². The van der Waals surface area contributed by atoms with Crippen molar-refractivity contribution in [2.45, 2.75) is 32.7 Å². The lowest BCUT2D eigenvalue weighted by Crippen LogP contribution is -2.25. The fourth-order valence-electron chi connectivity index (χ4n) is 1.93. The summed E-state index contributed by atoms with van der Waals surface area (Å²) >= 11 is 0. The number of hydrogen-bond acceptors (Lipinski definition) is 3. The fourth-order valence-corrected chi connectivity index (χ4v) is 1.93. The second kappa shape index (κ2) is 8.94. The van der Waals surface area contributed by atoms with E-state index in [1.54, 1.807) is 0 Å². The topological polar surface area (TPSA) is 24.5 Å². The maximum Gasteiger partial charge on any atom is 0.119 e. The average molecular weight is 264 g/mol. The van der Waals surface area contributed by atoms with E-state index >= 15 is 0 Å². The summed E-state index contributed by atoms with van der Waals surface area (Å²) in [5.74, 6) is 0.963. The van der Waals surface area contributed by atoms with Crippen molar-refractivity contribution in [3.63, 3.8) is 0 Å². The van der Waals surface area contributed by atoms with Crippen molar-refractivity contribution in [3.05, 3.63) is 29.8 Å². The predicted octanol–water partition coefficient (Wildman–Crippen LogP) is 2.56. The Morgan fingerprint density at radius 2 is 1.89 bits per heavy atom. The molecule has 0 bridgehead atoms. The van der Waals surface area contributed by atoms with Crippen LogP contribution in [0.5, 0.6) is 5.75 Å². The van der Waals surface area contributed by atoms with Crippen LogP contribution in [-0.4, -0.2) is 44.7 Å². The zero-order chi connectivity index (χ0) is 14.1. The third-order valence-corrected chi connectivity index (χ3v) is 3.15. The lowest BCUT2D eigenvalue weighted by Gasteiger charge is -2.13. The minimum atomic E-state index is 0.584. The van der Waals surface area contributed by atoms with Crippen molar-refractivity contribution in [1.29, 1.82) is 0 Å². The summed E-state index contributed by atoms with van der Waals surface area (Å²) < 4.78 is 5.68. The molecule has 0 fully saturated rings. The largest absolute Gasteiger partial charge is 0.492 e. The molecular weight excluding hydrogens is 236 g/mol. The quantitative estimate of drug-likeness (QED) is 0.742. The summed E-state index contributed by atoms with van der Waals surface area (Å²) in [5, 5.41) is 3.44. The van der Waals surface area contributed by atoms with E-state index in [4.69, 9.17) is 4.74 Å². The van der Waals surface area contributed by atoms with Gasteiger partial charge >= 0.3 is 0 Å². The third kappa shape index (κ3) is 7.19. The molecule has 19 heavy (non-hydrogen) atoms. The Bertz CT molecular complexity index is 335. The highest BCUT2D eigenvalue weighted by Crippen LogP contribution is 2.14. The van der Waals surface area contributed by atoms with Crippen molar-refractivity contribution in [2.24, 2.45) is 0 Å². The summed E-state index contributed by atoms with van der Waals surface area (Å²) in [4.78, 5) is 2.12. The molecule has 0 aliphatic heterocycles. The molecule has 1 atom stereocenters. The molecule has 1 rings (SSSR count). The molecular formula is C16H28N2O. The van der Waals surface area contributed by atoms with E-state index < -0.39 is 0 Å². The van der Waals surface area contributed by atoms with E-state index in [2.05, 4.69) is 62.4 Å². The van der Waals surface area contributed by atoms with Gasteiger partial charge in [-0.1, -0.05) is 19.1 Å². The molecule has 1 aromatic carbocycles. The van der Waals surface area contributed by atoms with Gasteiger partial charge in [0.15, 0.2) is 0 Å². The number of likely N-dealkylation sites (N-methyl/N-ethyl adjacent to an activating group) is 1. The minimum absolute atomic E-state index is 0.584. The molecule has 1 aromatic rings. The molecule has 0 amide bonds. The summed E-state index contributed by atoms with van der Waals surface area (Å²) in [6, 6.07) is 9.07. The summed E-state index contributed by atoms with van der Waals surface area (Å²) in [6.07, 6.45) is 2.29. The lowest BCUT2D eigenvalue weighted by atomic mass is 10.1. The van der Waals surface area contributed by atoms with Crippen LogP contribution >= 0.6 is 0 Å². The van der Waals surface area contributed by atoms with E-state index in [0.29, 0.717) is 6.04 Å². The minimum Gasteiger partial charge on any atom is -0.492 e. The van der Waals surface area contributed by atoms with Crippen LogP contribution in [0.3, 0.4) is 0 Å². The first kappa shape index (κ1) is 16.0. The van der Waals surface area contributed by atoms with Gasteiger partial charge in [0.05, 0.1) is 0 Å². The Labute approximate surface area is 118 Å². The predicted molar refractivity (Wildman–Crippen MR) is 82.0 cm³/mol. The van der Waals surface area contributed by atoms with Gasteiger partial charge in [-0.15, -0.1) is 0 Å². The maximum atomic E-state index is 5.68. The summed E-state index contributed by atoms with van der Waals surface area (Å²) in [6.45, 7) is 7.12. The van der Waals surface area contributed by atoms with Crippen LogP contribution in [0.25, 0.3) is 0 Å². The molecule has 0 saturated carbocycles. The van der Waals surface area contributed by atoms with E-state index in [-0.39, 0.29) is 0 Å². The summed E-state index contributed by atoms with van der Waals surface area (Å²) in [5.41, 5.74) is 1.38. The zero-order valence-corrected chi connectivity index (χ0v) is 12.8. The molecule has 3 heteroatoms. The van der Waals surface area contributed by atoms with Crippen molar-refractivity contribution >= 4 is 0 Å². The normalized spacial score (nSPS) is 12.7. The molecule has 0 spiro atoms. The van der Waals surface area contributed by atoms with Gasteiger partial charge < -0.3 is 15.0 Å². The Morgan fingerprint density at radius 1 is 1.21 bits per heavy atom. The van der Waals surface area contributed by atoms with Crippen LogP contribution < -0.4 is 10.1 Å². The van der Waals surface area contributed by atoms with E-state index in [1.807, 2.05) is 0 Å². The number of aryl methyl sites for hydroxylation is 1. The second-order valence-corrected chi connectivity index (χ2v) is 5.29. The van der Waals surface area contributed by atoms with Crippen LogP contribution in [0.1, 0.15) is 25.8 Å². The molecule has 3 nitrogen and oxygen atoms in total. The van der Waals surface area contributed by atoms with Crippen molar-refractivity contribution < 1.29 is 4.74 Å². The highest BCUT2D eigenvalue weighted by Gasteiger charge is 2.01. The molecule has 1 unspecified atom stereocenters. The highest BCUT2D eigenvalue weighted by atomic mass is 16.5. The number of nitrogens with zero attached hydrogens (tertiary/aromatic N) is 1. The van der Waals surface area contributed by atoms with Crippen LogP contribution in [0.15, 0.2) is 24.3 Å². The zero-order valence-electron chi connectivity index (χ0n) is 12.8. The van der Waals surface area contributed by atoms with Gasteiger partial charge in [-0.25, -0.2) is 0 Å². The summed E-state index contributed by atoms with van der Waals surface area (Å²) in [7, 11) is 4.11. The van der Waals surface area contributed by atoms with Gasteiger partial charge in [0.1, 0.15) is 12.4 Å². The van der Waals surface area contributed by atoms with E-state index in [1.165, 1.54) is 12.0 Å². The second-order valence-electron chi connectivity index (χ2n) is 5.29. The standard InChI is InChI=1S/C16H28N2O/c1-5-17-14(2)6-7-15-8-10-16(11-9-15)19-13-12-18(3)4/h8-11,14,17H,5-7,12-13H2,1-4H3. The molecule has 1 N–H and O–H groups in total. The maximum absolute atomic E-state index is 5.68. The first-order valence-corrected chi connectivity index (χ1v) is 7.21. The van der Waals surface area contributed by atoms with Crippen molar-refractivity contribution in [2.75, 3.05) is 33.8 Å². The van der Waals surface area contributed by atoms with Crippen LogP contribution in [0, 0.1) is 0 Å². The van der Waals surface area contributed by atoms with Gasteiger partial charge in [-0.05, 0) is 58.1 Å². The number of nitrogens with one attached hydrogen (secondary N) is 1.